The van der Waals surface area contributed by atoms with Crippen molar-refractivity contribution in [3.63, 3.8) is 0 Å². The number of ketones is 1. The number of fused-ring (bicyclic) bond motifs is 1. The molecule has 1 aromatic rings. The third kappa shape index (κ3) is 1.72. The van der Waals surface area contributed by atoms with Gasteiger partial charge in [0.1, 0.15) is 11.9 Å². The van der Waals surface area contributed by atoms with E-state index in [-0.39, 0.29) is 29.5 Å². The summed E-state index contributed by atoms with van der Waals surface area (Å²) < 4.78 is 11.3. The number of hydrogen-bond donors (Lipinski definition) is 0. The highest BCUT2D eigenvalue weighted by atomic mass is 16.6. The quantitative estimate of drug-likeness (QED) is 0.800. The van der Waals surface area contributed by atoms with Gasteiger partial charge in [-0.3, -0.25) is 4.79 Å². The van der Waals surface area contributed by atoms with E-state index in [1.807, 2.05) is 25.1 Å². The number of benzene rings is 1. The molecule has 5 atom stereocenters. The molecule has 0 bridgehead atoms. The van der Waals surface area contributed by atoms with Crippen LogP contribution in [0.15, 0.2) is 30.3 Å². The Morgan fingerprint density at radius 1 is 1.38 bits per heavy atom. The van der Waals surface area contributed by atoms with E-state index < -0.39 is 0 Å². The first-order valence-electron chi connectivity index (χ1n) is 7.55. The largest absolute Gasteiger partial charge is 0.456 e. The monoisotopic (exact) mass is 286 g/mol. The van der Waals surface area contributed by atoms with Gasteiger partial charge in [0, 0.05) is 12.3 Å². The van der Waals surface area contributed by atoms with Gasteiger partial charge in [0.15, 0.2) is 0 Å². The Hall–Kier alpha value is -1.68. The molecular weight excluding hydrogens is 268 g/mol. The van der Waals surface area contributed by atoms with E-state index in [9.17, 15) is 9.59 Å². The van der Waals surface area contributed by atoms with Crippen LogP contribution in [0.2, 0.25) is 0 Å². The van der Waals surface area contributed by atoms with Crippen LogP contribution >= 0.6 is 0 Å². The van der Waals surface area contributed by atoms with Crippen molar-refractivity contribution in [3.05, 3.63) is 35.9 Å². The van der Waals surface area contributed by atoms with Gasteiger partial charge in [-0.05, 0) is 31.4 Å². The first kappa shape index (κ1) is 13.0. The van der Waals surface area contributed by atoms with Gasteiger partial charge in [0.2, 0.25) is 0 Å². The molecule has 4 rings (SSSR count). The van der Waals surface area contributed by atoms with E-state index >= 15 is 0 Å². The van der Waals surface area contributed by atoms with Crippen LogP contribution < -0.4 is 0 Å². The highest BCUT2D eigenvalue weighted by Crippen LogP contribution is 2.71. The van der Waals surface area contributed by atoms with Crippen LogP contribution in [0, 0.1) is 17.3 Å². The fourth-order valence-electron chi connectivity index (χ4n) is 4.35. The summed E-state index contributed by atoms with van der Waals surface area (Å²) in [7, 11) is 0. The molecule has 0 aromatic heterocycles. The minimum absolute atomic E-state index is 0.132. The van der Waals surface area contributed by atoms with E-state index in [4.69, 9.17) is 9.47 Å². The van der Waals surface area contributed by atoms with Crippen LogP contribution in [0.25, 0.3) is 0 Å². The molecule has 2 saturated carbocycles. The van der Waals surface area contributed by atoms with Gasteiger partial charge in [-0.25, -0.2) is 4.79 Å². The number of hydrogen-bond acceptors (Lipinski definition) is 4. The maximum atomic E-state index is 12.1. The van der Waals surface area contributed by atoms with Crippen molar-refractivity contribution in [1.82, 2.24) is 0 Å². The molecule has 0 unspecified atom stereocenters. The Morgan fingerprint density at radius 2 is 2.14 bits per heavy atom. The first-order chi connectivity index (χ1) is 10.1. The van der Waals surface area contributed by atoms with E-state index in [0.29, 0.717) is 30.3 Å². The molecule has 1 aliphatic heterocycles. The van der Waals surface area contributed by atoms with E-state index in [0.717, 1.165) is 6.42 Å². The smallest absolute Gasteiger partial charge is 0.338 e. The van der Waals surface area contributed by atoms with Gasteiger partial charge in [0.05, 0.1) is 23.7 Å². The molecule has 0 N–H and O–H groups in total. The molecule has 3 fully saturated rings. The maximum Gasteiger partial charge on any atom is 0.338 e. The topological polar surface area (TPSA) is 52.6 Å². The van der Waals surface area contributed by atoms with E-state index in [1.54, 1.807) is 12.1 Å². The Labute approximate surface area is 123 Å². The van der Waals surface area contributed by atoms with Crippen molar-refractivity contribution in [2.24, 2.45) is 17.3 Å². The second-order valence-electron chi connectivity index (χ2n) is 6.39. The maximum absolute atomic E-state index is 12.1. The SMILES string of the molecule is C[C@@H](OC(=O)c1ccccc1)[C@@H]1OC[C@@]23C(=O)CC[C@@H]2[C@@H]13. The predicted molar refractivity (Wildman–Crippen MR) is 74.7 cm³/mol. The predicted octanol–water partition coefficient (Wildman–Crippen LogP) is 2.23. The molecule has 1 spiro atoms. The van der Waals surface area contributed by atoms with E-state index in [1.165, 1.54) is 0 Å². The molecule has 0 radical (unpaired) electrons. The van der Waals surface area contributed by atoms with Crippen LogP contribution in [0.5, 0.6) is 0 Å². The molecule has 1 aromatic carbocycles. The van der Waals surface area contributed by atoms with Crippen molar-refractivity contribution in [2.75, 3.05) is 6.61 Å². The van der Waals surface area contributed by atoms with Crippen LogP contribution in [0.4, 0.5) is 0 Å². The van der Waals surface area contributed by atoms with Crippen molar-refractivity contribution >= 4 is 11.8 Å². The number of esters is 1. The molecule has 21 heavy (non-hydrogen) atoms. The summed E-state index contributed by atoms with van der Waals surface area (Å²) in [5.41, 5.74) is 0.321. The Balaban J connectivity index is 1.44. The van der Waals surface area contributed by atoms with E-state index in [2.05, 4.69) is 0 Å². The third-order valence-corrected chi connectivity index (χ3v) is 5.42. The third-order valence-electron chi connectivity index (χ3n) is 5.42. The fraction of sp³-hybridized carbons (Fsp3) is 0.529. The lowest BCUT2D eigenvalue weighted by Gasteiger charge is -2.22. The van der Waals surface area contributed by atoms with Crippen molar-refractivity contribution in [3.8, 4) is 0 Å². The lowest BCUT2D eigenvalue weighted by atomic mass is 9.97. The zero-order valence-corrected chi connectivity index (χ0v) is 12.0. The highest BCUT2D eigenvalue weighted by molar-refractivity contribution is 5.92. The summed E-state index contributed by atoms with van der Waals surface area (Å²) in [5, 5.41) is 0. The highest BCUT2D eigenvalue weighted by Gasteiger charge is 2.78. The van der Waals surface area contributed by atoms with Gasteiger partial charge in [-0.1, -0.05) is 18.2 Å². The molecule has 4 heteroatoms. The number of ether oxygens (including phenoxy) is 2. The van der Waals surface area contributed by atoms with Gasteiger partial charge >= 0.3 is 5.97 Å². The zero-order valence-electron chi connectivity index (χ0n) is 12.0. The Morgan fingerprint density at radius 3 is 2.86 bits per heavy atom. The normalized spacial score (nSPS) is 37.8. The molecule has 2 aliphatic carbocycles. The number of carbonyl (C=O) groups is 2. The first-order valence-corrected chi connectivity index (χ1v) is 7.55. The van der Waals surface area contributed by atoms with Gasteiger partial charge < -0.3 is 9.47 Å². The lowest BCUT2D eigenvalue weighted by molar-refractivity contribution is -0.123. The van der Waals surface area contributed by atoms with Crippen LogP contribution in [0.1, 0.15) is 30.1 Å². The number of carbonyl (C=O) groups excluding carboxylic acids is 2. The van der Waals surface area contributed by atoms with Gasteiger partial charge in [-0.15, -0.1) is 0 Å². The second kappa shape index (κ2) is 4.41. The molecule has 1 saturated heterocycles. The van der Waals surface area contributed by atoms with Crippen molar-refractivity contribution in [1.29, 1.82) is 0 Å². The summed E-state index contributed by atoms with van der Waals surface area (Å²) >= 11 is 0. The molecular formula is C17H18O4. The van der Waals surface area contributed by atoms with Gasteiger partial charge in [0.25, 0.3) is 0 Å². The summed E-state index contributed by atoms with van der Waals surface area (Å²) in [5.74, 6) is 0.741. The minimum atomic E-state index is -0.329. The fourth-order valence-corrected chi connectivity index (χ4v) is 4.35. The molecule has 1 heterocycles. The summed E-state index contributed by atoms with van der Waals surface area (Å²) in [6.07, 6.45) is 1.21. The molecule has 3 aliphatic rings. The zero-order chi connectivity index (χ0) is 14.6. The molecule has 4 nitrogen and oxygen atoms in total. The molecule has 110 valence electrons. The minimum Gasteiger partial charge on any atom is -0.456 e. The summed E-state index contributed by atoms with van der Waals surface area (Å²) in [6.45, 7) is 2.38. The van der Waals surface area contributed by atoms with Crippen LogP contribution in [-0.2, 0) is 14.3 Å². The van der Waals surface area contributed by atoms with Gasteiger partial charge in [-0.2, -0.15) is 0 Å². The van der Waals surface area contributed by atoms with Crippen molar-refractivity contribution < 1.29 is 19.1 Å². The lowest BCUT2D eigenvalue weighted by Crippen LogP contribution is -2.31. The summed E-state index contributed by atoms with van der Waals surface area (Å²) in [6, 6.07) is 8.96. The standard InChI is InChI=1S/C17H18O4/c1-10(21-16(19)11-5-3-2-4-6-11)15-14-12-7-8-13(18)17(12,14)9-20-15/h2-6,10,12,14-15H,7-9H2,1H3/t10-,12-,14+,15+,17+/m1/s1. The Kier molecular flexibility index (Phi) is 2.73. The Bertz CT molecular complexity index is 596. The van der Waals surface area contributed by atoms with Crippen LogP contribution in [0.3, 0.4) is 0 Å². The second-order valence-corrected chi connectivity index (χ2v) is 6.39. The van der Waals surface area contributed by atoms with Crippen LogP contribution in [-0.4, -0.2) is 30.6 Å². The number of Topliss-reactive ketones (excluding diaryl/α,β-unsaturated/α-hetero) is 1. The van der Waals surface area contributed by atoms with Crippen molar-refractivity contribution in [2.45, 2.75) is 32.0 Å². The average molecular weight is 286 g/mol. The number of rotatable bonds is 3. The summed E-state index contributed by atoms with van der Waals surface area (Å²) in [4.78, 5) is 24.1. The average Bonchev–Trinajstić information content (AvgIpc) is 2.81. The molecule has 0 amide bonds.